The molecule has 110 valence electrons. The molecule has 0 saturated carbocycles. The van der Waals surface area contributed by atoms with Gasteiger partial charge in [0.1, 0.15) is 4.87 Å². The molecule has 0 spiro atoms. The summed E-state index contributed by atoms with van der Waals surface area (Å²) in [5.74, 6) is 0.385. The lowest BCUT2D eigenvalue weighted by molar-refractivity contribution is -0.122. The van der Waals surface area contributed by atoms with E-state index in [0.29, 0.717) is 12.3 Å². The SMILES string of the molecule is CC(Cl)(CSc1ccccc1)C(=O)NCc1ccccc1. The molecule has 0 aliphatic rings. The van der Waals surface area contributed by atoms with E-state index in [1.807, 2.05) is 60.7 Å². The van der Waals surface area contributed by atoms with Crippen LogP contribution in [-0.4, -0.2) is 16.5 Å². The van der Waals surface area contributed by atoms with Crippen molar-refractivity contribution in [3.8, 4) is 0 Å². The molecule has 0 saturated heterocycles. The van der Waals surface area contributed by atoms with Crippen LogP contribution in [0.1, 0.15) is 12.5 Å². The fourth-order valence-electron chi connectivity index (χ4n) is 1.76. The molecule has 0 fully saturated rings. The first-order valence-corrected chi connectivity index (χ1v) is 8.13. The summed E-state index contributed by atoms with van der Waals surface area (Å²) in [6, 6.07) is 19.8. The van der Waals surface area contributed by atoms with Crippen LogP contribution in [0.4, 0.5) is 0 Å². The zero-order valence-corrected chi connectivity index (χ0v) is 13.5. The number of thioether (sulfide) groups is 1. The first-order valence-electron chi connectivity index (χ1n) is 6.77. The smallest absolute Gasteiger partial charge is 0.242 e. The maximum absolute atomic E-state index is 12.2. The Bertz CT molecular complexity index is 572. The second kappa shape index (κ2) is 7.53. The van der Waals surface area contributed by atoms with Gasteiger partial charge < -0.3 is 5.32 Å². The third-order valence-electron chi connectivity index (χ3n) is 3.02. The van der Waals surface area contributed by atoms with E-state index in [1.54, 1.807) is 18.7 Å². The number of nitrogens with one attached hydrogen (secondary N) is 1. The summed E-state index contributed by atoms with van der Waals surface area (Å²) in [6.45, 7) is 2.25. The lowest BCUT2D eigenvalue weighted by Crippen LogP contribution is -2.41. The Labute approximate surface area is 134 Å². The van der Waals surface area contributed by atoms with Crippen LogP contribution in [0.25, 0.3) is 0 Å². The Morgan fingerprint density at radius 1 is 1.10 bits per heavy atom. The van der Waals surface area contributed by atoms with E-state index in [0.717, 1.165) is 10.5 Å². The van der Waals surface area contributed by atoms with Gasteiger partial charge in [-0.1, -0.05) is 48.5 Å². The molecule has 0 radical (unpaired) electrons. The van der Waals surface area contributed by atoms with E-state index < -0.39 is 4.87 Å². The minimum atomic E-state index is -0.921. The Morgan fingerprint density at radius 2 is 1.67 bits per heavy atom. The van der Waals surface area contributed by atoms with Crippen molar-refractivity contribution < 1.29 is 4.79 Å². The molecule has 1 N–H and O–H groups in total. The Balaban J connectivity index is 1.85. The molecule has 21 heavy (non-hydrogen) atoms. The molecule has 1 amide bonds. The first-order chi connectivity index (χ1) is 10.1. The third-order valence-corrected chi connectivity index (χ3v) is 4.81. The van der Waals surface area contributed by atoms with Gasteiger partial charge in [0, 0.05) is 17.2 Å². The van der Waals surface area contributed by atoms with Crippen LogP contribution in [0.15, 0.2) is 65.6 Å². The van der Waals surface area contributed by atoms with Crippen molar-refractivity contribution in [3.05, 3.63) is 66.2 Å². The normalized spacial score (nSPS) is 13.4. The summed E-state index contributed by atoms with van der Waals surface area (Å²) in [5, 5.41) is 2.89. The van der Waals surface area contributed by atoms with Crippen molar-refractivity contribution in [2.24, 2.45) is 0 Å². The van der Waals surface area contributed by atoms with Gasteiger partial charge in [-0.25, -0.2) is 0 Å². The molecule has 2 nitrogen and oxygen atoms in total. The third kappa shape index (κ3) is 5.10. The number of hydrogen-bond acceptors (Lipinski definition) is 2. The van der Waals surface area contributed by atoms with Crippen molar-refractivity contribution in [1.82, 2.24) is 5.32 Å². The van der Waals surface area contributed by atoms with E-state index >= 15 is 0 Å². The number of benzene rings is 2. The van der Waals surface area contributed by atoms with Gasteiger partial charge in [0.2, 0.25) is 5.91 Å². The highest BCUT2D eigenvalue weighted by molar-refractivity contribution is 7.99. The lowest BCUT2D eigenvalue weighted by atomic mass is 10.1. The standard InChI is InChI=1S/C17H18ClNOS/c1-17(18,13-21-15-10-6-3-7-11-15)16(20)19-12-14-8-4-2-5-9-14/h2-11H,12-13H2,1H3,(H,19,20). The topological polar surface area (TPSA) is 29.1 Å². The molecule has 2 aromatic rings. The fraction of sp³-hybridized carbons (Fsp3) is 0.235. The van der Waals surface area contributed by atoms with Crippen LogP contribution in [0.2, 0.25) is 0 Å². The fourth-order valence-corrected chi connectivity index (χ4v) is 2.91. The minimum Gasteiger partial charge on any atom is -0.350 e. The van der Waals surface area contributed by atoms with Crippen LogP contribution in [0.5, 0.6) is 0 Å². The van der Waals surface area contributed by atoms with Crippen molar-refractivity contribution in [3.63, 3.8) is 0 Å². The highest BCUT2D eigenvalue weighted by atomic mass is 35.5. The minimum absolute atomic E-state index is 0.142. The van der Waals surface area contributed by atoms with Crippen molar-refractivity contribution in [2.45, 2.75) is 23.2 Å². The van der Waals surface area contributed by atoms with Crippen molar-refractivity contribution in [2.75, 3.05) is 5.75 Å². The number of rotatable bonds is 6. The summed E-state index contributed by atoms with van der Waals surface area (Å²) in [7, 11) is 0. The average Bonchev–Trinajstić information content (AvgIpc) is 2.52. The molecular weight excluding hydrogens is 302 g/mol. The van der Waals surface area contributed by atoms with Gasteiger partial charge in [0.15, 0.2) is 0 Å². The van der Waals surface area contributed by atoms with Gasteiger partial charge >= 0.3 is 0 Å². The van der Waals surface area contributed by atoms with Crippen molar-refractivity contribution >= 4 is 29.3 Å². The predicted molar refractivity (Wildman–Crippen MR) is 89.7 cm³/mol. The first kappa shape index (κ1) is 15.9. The van der Waals surface area contributed by atoms with Crippen LogP contribution in [0.3, 0.4) is 0 Å². The van der Waals surface area contributed by atoms with Gasteiger partial charge in [0.05, 0.1) is 0 Å². The lowest BCUT2D eigenvalue weighted by Gasteiger charge is -2.20. The second-order valence-electron chi connectivity index (χ2n) is 4.97. The quantitative estimate of drug-likeness (QED) is 0.641. The van der Waals surface area contributed by atoms with E-state index in [9.17, 15) is 4.79 Å². The molecule has 4 heteroatoms. The summed E-state index contributed by atoms with van der Waals surface area (Å²) in [4.78, 5) is 12.4. The molecule has 0 aliphatic carbocycles. The molecule has 1 unspecified atom stereocenters. The summed E-state index contributed by atoms with van der Waals surface area (Å²) < 4.78 is 0. The number of halogens is 1. The zero-order valence-electron chi connectivity index (χ0n) is 11.9. The Morgan fingerprint density at radius 3 is 2.29 bits per heavy atom. The van der Waals surface area contributed by atoms with Crippen LogP contribution in [-0.2, 0) is 11.3 Å². The maximum Gasteiger partial charge on any atom is 0.242 e. The van der Waals surface area contributed by atoms with E-state index in [-0.39, 0.29) is 5.91 Å². The molecule has 0 aliphatic heterocycles. The van der Waals surface area contributed by atoms with Gasteiger partial charge in [-0.05, 0) is 24.6 Å². The average molecular weight is 320 g/mol. The zero-order chi connectivity index (χ0) is 15.1. The molecule has 0 bridgehead atoms. The molecular formula is C17H18ClNOS. The highest BCUT2D eigenvalue weighted by Gasteiger charge is 2.30. The molecule has 0 heterocycles. The molecule has 2 rings (SSSR count). The number of hydrogen-bond donors (Lipinski definition) is 1. The number of amides is 1. The largest absolute Gasteiger partial charge is 0.350 e. The summed E-state index contributed by atoms with van der Waals surface area (Å²) >= 11 is 7.95. The maximum atomic E-state index is 12.2. The van der Waals surface area contributed by atoms with Gasteiger partial charge in [-0.15, -0.1) is 23.4 Å². The molecule has 2 aromatic carbocycles. The van der Waals surface area contributed by atoms with E-state index in [2.05, 4.69) is 5.32 Å². The number of carbonyl (C=O) groups excluding carboxylic acids is 1. The predicted octanol–water partition coefficient (Wildman–Crippen LogP) is 4.09. The van der Waals surface area contributed by atoms with Gasteiger partial charge in [-0.2, -0.15) is 0 Å². The monoisotopic (exact) mass is 319 g/mol. The van der Waals surface area contributed by atoms with Crippen LogP contribution < -0.4 is 5.32 Å². The van der Waals surface area contributed by atoms with Crippen LogP contribution >= 0.6 is 23.4 Å². The summed E-state index contributed by atoms with van der Waals surface area (Å²) in [5.41, 5.74) is 1.06. The highest BCUT2D eigenvalue weighted by Crippen LogP contribution is 2.26. The molecule has 0 aromatic heterocycles. The second-order valence-corrected chi connectivity index (χ2v) is 6.85. The van der Waals surface area contributed by atoms with E-state index in [4.69, 9.17) is 11.6 Å². The van der Waals surface area contributed by atoms with Crippen LogP contribution in [0, 0.1) is 0 Å². The molecule has 1 atom stereocenters. The van der Waals surface area contributed by atoms with Gasteiger partial charge in [-0.3, -0.25) is 4.79 Å². The van der Waals surface area contributed by atoms with E-state index in [1.165, 1.54) is 0 Å². The summed E-state index contributed by atoms with van der Waals surface area (Å²) in [6.07, 6.45) is 0. The van der Waals surface area contributed by atoms with Gasteiger partial charge in [0.25, 0.3) is 0 Å². The number of alkyl halides is 1. The van der Waals surface area contributed by atoms with Crippen molar-refractivity contribution in [1.29, 1.82) is 0 Å². The Kier molecular flexibility index (Phi) is 5.71. The Hall–Kier alpha value is -1.45. The number of carbonyl (C=O) groups is 1.